The third-order valence-electron chi connectivity index (χ3n) is 3.68. The molecule has 1 atom stereocenters. The van der Waals surface area contributed by atoms with E-state index in [4.69, 9.17) is 0 Å². The first kappa shape index (κ1) is 14.4. The highest BCUT2D eigenvalue weighted by Crippen LogP contribution is 2.35. The molecule has 0 amide bonds. The maximum absolute atomic E-state index is 13.6. The summed E-state index contributed by atoms with van der Waals surface area (Å²) in [4.78, 5) is 3.68. The van der Waals surface area contributed by atoms with Gasteiger partial charge in [-0.25, -0.2) is 17.8 Å². The molecule has 1 unspecified atom stereocenters. The van der Waals surface area contributed by atoms with E-state index < -0.39 is 20.9 Å². The lowest BCUT2D eigenvalue weighted by atomic mass is 9.80. The number of hydrogen-bond acceptors (Lipinski definition) is 3. The van der Waals surface area contributed by atoms with Crippen molar-refractivity contribution < 1.29 is 12.8 Å². The Bertz CT molecular complexity index is 566. The van der Waals surface area contributed by atoms with Crippen molar-refractivity contribution in [3.8, 4) is 0 Å². The first-order chi connectivity index (χ1) is 8.73. The van der Waals surface area contributed by atoms with Crippen LogP contribution in [0.25, 0.3) is 0 Å². The Morgan fingerprint density at radius 1 is 1.42 bits per heavy atom. The van der Waals surface area contributed by atoms with Crippen LogP contribution < -0.4 is 0 Å². The molecule has 0 aliphatic carbocycles. The number of rotatable bonds is 2. The van der Waals surface area contributed by atoms with Gasteiger partial charge in [0.05, 0.1) is 0 Å². The van der Waals surface area contributed by atoms with Gasteiger partial charge in [-0.15, -0.1) is 0 Å². The van der Waals surface area contributed by atoms with Crippen LogP contribution in [0, 0.1) is 17.2 Å². The van der Waals surface area contributed by atoms with Gasteiger partial charge in [-0.05, 0) is 29.9 Å². The molecule has 19 heavy (non-hydrogen) atoms. The second-order valence-corrected chi connectivity index (χ2v) is 7.86. The third-order valence-corrected chi connectivity index (χ3v) is 5.49. The summed E-state index contributed by atoms with van der Waals surface area (Å²) >= 11 is 0. The number of nitrogens with zero attached hydrogens (tertiary/aromatic N) is 2. The maximum atomic E-state index is 13.6. The number of hydrogen-bond donors (Lipinski definition) is 0. The number of aromatic nitrogens is 1. The minimum atomic E-state index is -3.82. The van der Waals surface area contributed by atoms with Gasteiger partial charge in [0.1, 0.15) is 0 Å². The van der Waals surface area contributed by atoms with Crippen LogP contribution in [0.1, 0.15) is 27.2 Å². The normalized spacial score (nSPS) is 21.8. The monoisotopic (exact) mass is 286 g/mol. The molecule has 1 aromatic rings. The van der Waals surface area contributed by atoms with Crippen molar-refractivity contribution in [3.63, 3.8) is 0 Å². The average molecular weight is 286 g/mol. The fourth-order valence-corrected chi connectivity index (χ4v) is 3.81. The predicted molar refractivity (Wildman–Crippen MR) is 70.5 cm³/mol. The smallest absolute Gasteiger partial charge is 0.241 e. The van der Waals surface area contributed by atoms with Gasteiger partial charge in [0, 0.05) is 19.3 Å². The molecule has 6 heteroatoms. The van der Waals surface area contributed by atoms with E-state index in [0.29, 0.717) is 13.1 Å². The summed E-state index contributed by atoms with van der Waals surface area (Å²) in [7, 11) is -3.82. The van der Waals surface area contributed by atoms with Gasteiger partial charge in [-0.1, -0.05) is 20.8 Å². The van der Waals surface area contributed by atoms with Crippen LogP contribution in [0.15, 0.2) is 23.4 Å². The van der Waals surface area contributed by atoms with E-state index in [0.717, 1.165) is 12.5 Å². The lowest BCUT2D eigenvalue weighted by Gasteiger charge is -2.26. The summed E-state index contributed by atoms with van der Waals surface area (Å²) in [5.74, 6) is -0.504. The zero-order valence-electron chi connectivity index (χ0n) is 11.4. The quantitative estimate of drug-likeness (QED) is 0.838. The van der Waals surface area contributed by atoms with Gasteiger partial charge in [0.15, 0.2) is 5.82 Å². The average Bonchev–Trinajstić information content (AvgIpc) is 2.78. The third kappa shape index (κ3) is 2.79. The highest BCUT2D eigenvalue weighted by molar-refractivity contribution is 7.89. The zero-order valence-corrected chi connectivity index (χ0v) is 12.2. The van der Waals surface area contributed by atoms with Crippen molar-refractivity contribution in [2.75, 3.05) is 13.1 Å². The molecule has 1 aromatic heterocycles. The summed E-state index contributed by atoms with van der Waals surface area (Å²) in [5, 5.41) is -0.468. The van der Waals surface area contributed by atoms with E-state index in [1.165, 1.54) is 16.6 Å². The van der Waals surface area contributed by atoms with E-state index in [1.54, 1.807) is 0 Å². The van der Waals surface area contributed by atoms with Crippen LogP contribution in [-0.4, -0.2) is 30.8 Å². The first-order valence-electron chi connectivity index (χ1n) is 6.33. The Balaban J connectivity index is 2.26. The van der Waals surface area contributed by atoms with Crippen molar-refractivity contribution in [1.82, 2.24) is 9.29 Å². The number of halogens is 1. The lowest BCUT2D eigenvalue weighted by molar-refractivity contribution is 0.251. The van der Waals surface area contributed by atoms with Gasteiger partial charge in [0.25, 0.3) is 10.0 Å². The van der Waals surface area contributed by atoms with Crippen molar-refractivity contribution >= 4 is 10.0 Å². The molecule has 0 bridgehead atoms. The van der Waals surface area contributed by atoms with Crippen LogP contribution in [0.2, 0.25) is 0 Å². The van der Waals surface area contributed by atoms with Crippen molar-refractivity contribution in [2.45, 2.75) is 32.2 Å². The molecule has 0 spiro atoms. The first-order valence-corrected chi connectivity index (χ1v) is 7.77. The molecule has 2 rings (SSSR count). The Hall–Kier alpha value is -1.01. The number of sulfonamides is 1. The Morgan fingerprint density at radius 2 is 2.11 bits per heavy atom. The molecule has 0 N–H and O–H groups in total. The SMILES string of the molecule is CC(C)(C)C1CCN(S(=O)(=O)c2ncccc2F)C1. The molecule has 1 aliphatic heterocycles. The lowest BCUT2D eigenvalue weighted by Crippen LogP contribution is -2.32. The Labute approximate surface area is 113 Å². The molecule has 1 aliphatic rings. The van der Waals surface area contributed by atoms with Gasteiger partial charge in [0.2, 0.25) is 5.03 Å². The molecule has 4 nitrogen and oxygen atoms in total. The molecule has 0 saturated carbocycles. The van der Waals surface area contributed by atoms with Gasteiger partial charge in [-0.2, -0.15) is 4.31 Å². The molecule has 0 aromatic carbocycles. The summed E-state index contributed by atoms with van der Waals surface area (Å²) in [6.45, 7) is 7.14. The molecular formula is C13H19FN2O2S. The van der Waals surface area contributed by atoms with Gasteiger partial charge in [-0.3, -0.25) is 0 Å². The van der Waals surface area contributed by atoms with E-state index in [-0.39, 0.29) is 11.3 Å². The molecule has 0 radical (unpaired) electrons. The fourth-order valence-electron chi connectivity index (χ4n) is 2.34. The largest absolute Gasteiger partial charge is 0.263 e. The Kier molecular flexibility index (Phi) is 3.66. The number of pyridine rings is 1. The summed E-state index contributed by atoms with van der Waals surface area (Å²) in [6.07, 6.45) is 2.10. The fraction of sp³-hybridized carbons (Fsp3) is 0.615. The second kappa shape index (κ2) is 4.83. The highest BCUT2D eigenvalue weighted by Gasteiger charge is 2.39. The van der Waals surface area contributed by atoms with E-state index in [1.807, 2.05) is 0 Å². The van der Waals surface area contributed by atoms with Crippen LogP contribution >= 0.6 is 0 Å². The summed E-state index contributed by atoms with van der Waals surface area (Å²) < 4.78 is 39.6. The van der Waals surface area contributed by atoms with Gasteiger partial charge >= 0.3 is 0 Å². The van der Waals surface area contributed by atoms with Crippen LogP contribution in [-0.2, 0) is 10.0 Å². The van der Waals surface area contributed by atoms with Gasteiger partial charge < -0.3 is 0 Å². The van der Waals surface area contributed by atoms with E-state index in [2.05, 4.69) is 25.8 Å². The van der Waals surface area contributed by atoms with E-state index >= 15 is 0 Å². The topological polar surface area (TPSA) is 50.3 Å². The Morgan fingerprint density at radius 3 is 2.63 bits per heavy atom. The maximum Gasteiger partial charge on any atom is 0.263 e. The molecule has 1 fully saturated rings. The second-order valence-electron chi connectivity index (χ2n) is 6.01. The minimum absolute atomic E-state index is 0.0485. The molecular weight excluding hydrogens is 267 g/mol. The van der Waals surface area contributed by atoms with Crippen molar-refractivity contribution in [3.05, 3.63) is 24.1 Å². The van der Waals surface area contributed by atoms with Crippen molar-refractivity contribution in [2.24, 2.45) is 11.3 Å². The van der Waals surface area contributed by atoms with Crippen LogP contribution in [0.3, 0.4) is 0 Å². The molecule has 1 saturated heterocycles. The van der Waals surface area contributed by atoms with E-state index in [9.17, 15) is 12.8 Å². The summed E-state index contributed by atoms with van der Waals surface area (Å²) in [5.41, 5.74) is 0.0485. The molecule has 106 valence electrons. The summed E-state index contributed by atoms with van der Waals surface area (Å²) in [6, 6.07) is 2.51. The molecule has 2 heterocycles. The highest BCUT2D eigenvalue weighted by atomic mass is 32.2. The predicted octanol–water partition coefficient (Wildman–Crippen LogP) is 2.28. The van der Waals surface area contributed by atoms with Crippen LogP contribution in [0.5, 0.6) is 0 Å². The van der Waals surface area contributed by atoms with Crippen LogP contribution in [0.4, 0.5) is 4.39 Å². The standard InChI is InChI=1S/C13H19FN2O2S/c1-13(2,3)10-6-8-16(9-10)19(17,18)12-11(14)5-4-7-15-12/h4-5,7,10H,6,8-9H2,1-3H3. The van der Waals surface area contributed by atoms with Crippen molar-refractivity contribution in [1.29, 1.82) is 0 Å². The minimum Gasteiger partial charge on any atom is -0.241 e. The zero-order chi connectivity index (χ0) is 14.3.